The molecule has 0 aliphatic rings. The van der Waals surface area contributed by atoms with Crippen LogP contribution in [-0.2, 0) is 19.5 Å². The SMILES string of the molecule is CCCCc1nc(Cl)c(CNCc2ccc(Br)s2)[nH]1. The molecule has 0 bridgehead atoms. The maximum absolute atomic E-state index is 6.12. The minimum atomic E-state index is 0.589. The molecule has 0 spiro atoms. The fourth-order valence-electron chi connectivity index (χ4n) is 1.78. The molecule has 3 nitrogen and oxygen atoms in total. The second-order valence-corrected chi connectivity index (χ2v) is 7.27. The Bertz CT molecular complexity index is 524. The Labute approximate surface area is 130 Å². The van der Waals surface area contributed by atoms with Gasteiger partial charge in [0.05, 0.1) is 9.48 Å². The Morgan fingerprint density at radius 1 is 1.42 bits per heavy atom. The van der Waals surface area contributed by atoms with Gasteiger partial charge in [0, 0.05) is 24.4 Å². The number of thiophene rings is 1. The van der Waals surface area contributed by atoms with Crippen molar-refractivity contribution in [3.05, 3.63) is 37.5 Å². The van der Waals surface area contributed by atoms with E-state index in [0.29, 0.717) is 11.7 Å². The van der Waals surface area contributed by atoms with Crippen molar-refractivity contribution in [2.45, 2.75) is 39.3 Å². The van der Waals surface area contributed by atoms with E-state index in [2.05, 4.69) is 50.3 Å². The molecule has 0 saturated carbocycles. The monoisotopic (exact) mass is 361 g/mol. The molecule has 0 saturated heterocycles. The van der Waals surface area contributed by atoms with Crippen LogP contribution in [0, 0.1) is 0 Å². The van der Waals surface area contributed by atoms with Crippen molar-refractivity contribution in [2.75, 3.05) is 0 Å². The molecule has 2 aromatic rings. The van der Waals surface area contributed by atoms with Gasteiger partial charge in [0.2, 0.25) is 0 Å². The van der Waals surface area contributed by atoms with Crippen molar-refractivity contribution < 1.29 is 0 Å². The van der Waals surface area contributed by atoms with Crippen LogP contribution in [0.5, 0.6) is 0 Å². The fraction of sp³-hybridized carbons (Fsp3) is 0.462. The van der Waals surface area contributed by atoms with Gasteiger partial charge < -0.3 is 10.3 Å². The van der Waals surface area contributed by atoms with E-state index < -0.39 is 0 Å². The number of imidazole rings is 1. The number of unbranched alkanes of at least 4 members (excludes halogenated alkanes) is 1. The molecule has 2 rings (SSSR count). The van der Waals surface area contributed by atoms with Crippen LogP contribution in [0.4, 0.5) is 0 Å². The number of rotatable bonds is 7. The maximum Gasteiger partial charge on any atom is 0.151 e. The molecule has 0 aromatic carbocycles. The smallest absolute Gasteiger partial charge is 0.151 e. The van der Waals surface area contributed by atoms with Gasteiger partial charge in [-0.05, 0) is 34.5 Å². The number of aromatic amines is 1. The standard InChI is InChI=1S/C13H17BrClN3S/c1-2-3-4-12-17-10(13(15)18-12)8-16-7-9-5-6-11(14)19-9/h5-6,16H,2-4,7-8H2,1H3,(H,17,18). The van der Waals surface area contributed by atoms with Gasteiger partial charge in [-0.2, -0.15) is 0 Å². The quantitative estimate of drug-likeness (QED) is 0.760. The normalized spacial score (nSPS) is 11.1. The van der Waals surface area contributed by atoms with Crippen LogP contribution in [0.2, 0.25) is 5.15 Å². The van der Waals surface area contributed by atoms with Gasteiger partial charge in [-0.3, -0.25) is 0 Å². The van der Waals surface area contributed by atoms with E-state index >= 15 is 0 Å². The van der Waals surface area contributed by atoms with Gasteiger partial charge in [0.15, 0.2) is 5.15 Å². The molecule has 2 aromatic heterocycles. The van der Waals surface area contributed by atoms with Gasteiger partial charge in [-0.1, -0.05) is 24.9 Å². The van der Waals surface area contributed by atoms with Crippen LogP contribution in [0.25, 0.3) is 0 Å². The molecule has 2 heterocycles. The average Bonchev–Trinajstić information content (AvgIpc) is 2.94. The molecule has 0 atom stereocenters. The first kappa shape index (κ1) is 15.0. The topological polar surface area (TPSA) is 40.7 Å². The zero-order valence-electron chi connectivity index (χ0n) is 10.8. The number of halogens is 2. The molecule has 0 aliphatic heterocycles. The molecule has 0 amide bonds. The number of H-pyrrole nitrogens is 1. The molecule has 0 fully saturated rings. The summed E-state index contributed by atoms with van der Waals surface area (Å²) in [6, 6.07) is 4.18. The summed E-state index contributed by atoms with van der Waals surface area (Å²) in [7, 11) is 0. The van der Waals surface area contributed by atoms with Gasteiger partial charge in [-0.25, -0.2) is 4.98 Å². The van der Waals surface area contributed by atoms with Gasteiger partial charge in [0.25, 0.3) is 0 Å². The number of hydrogen-bond acceptors (Lipinski definition) is 3. The Hall–Kier alpha value is -0.360. The predicted octanol–water partition coefficient (Wildman–Crippen LogP) is 4.52. The van der Waals surface area contributed by atoms with Gasteiger partial charge in [0.1, 0.15) is 5.82 Å². The third kappa shape index (κ3) is 4.60. The van der Waals surface area contributed by atoms with E-state index in [0.717, 1.165) is 34.7 Å². The summed E-state index contributed by atoms with van der Waals surface area (Å²) in [4.78, 5) is 8.94. The fourth-order valence-corrected chi connectivity index (χ4v) is 3.45. The Morgan fingerprint density at radius 3 is 2.95 bits per heavy atom. The van der Waals surface area contributed by atoms with Crippen molar-refractivity contribution in [1.29, 1.82) is 0 Å². The van der Waals surface area contributed by atoms with E-state index in [1.165, 1.54) is 11.3 Å². The van der Waals surface area contributed by atoms with Gasteiger partial charge in [-0.15, -0.1) is 11.3 Å². The molecule has 2 N–H and O–H groups in total. The van der Waals surface area contributed by atoms with Crippen molar-refractivity contribution in [2.24, 2.45) is 0 Å². The lowest BCUT2D eigenvalue weighted by atomic mass is 10.2. The Kier molecular flexibility index (Phi) is 5.88. The molecule has 0 unspecified atom stereocenters. The second kappa shape index (κ2) is 7.43. The zero-order chi connectivity index (χ0) is 13.7. The summed E-state index contributed by atoms with van der Waals surface area (Å²) in [5.41, 5.74) is 0.975. The minimum absolute atomic E-state index is 0.589. The third-order valence-corrected chi connectivity index (χ3v) is 4.71. The van der Waals surface area contributed by atoms with E-state index in [-0.39, 0.29) is 0 Å². The minimum Gasteiger partial charge on any atom is -0.344 e. The third-order valence-electron chi connectivity index (χ3n) is 2.77. The van der Waals surface area contributed by atoms with E-state index in [1.807, 2.05) is 0 Å². The maximum atomic E-state index is 6.12. The highest BCUT2D eigenvalue weighted by Crippen LogP contribution is 2.22. The van der Waals surface area contributed by atoms with Crippen molar-refractivity contribution in [3.63, 3.8) is 0 Å². The van der Waals surface area contributed by atoms with Crippen LogP contribution >= 0.6 is 38.9 Å². The molecular formula is C13H17BrClN3S. The summed E-state index contributed by atoms with van der Waals surface area (Å²) in [5.74, 6) is 0.988. The van der Waals surface area contributed by atoms with E-state index in [9.17, 15) is 0 Å². The lowest BCUT2D eigenvalue weighted by Gasteiger charge is -2.01. The summed E-state index contributed by atoms with van der Waals surface area (Å²) < 4.78 is 1.16. The highest BCUT2D eigenvalue weighted by molar-refractivity contribution is 9.11. The second-order valence-electron chi connectivity index (χ2n) is 4.37. The molecular weight excluding hydrogens is 346 g/mol. The zero-order valence-corrected chi connectivity index (χ0v) is 14.0. The van der Waals surface area contributed by atoms with Crippen molar-refractivity contribution >= 4 is 38.9 Å². The molecule has 19 heavy (non-hydrogen) atoms. The number of hydrogen-bond donors (Lipinski definition) is 2. The van der Waals surface area contributed by atoms with Crippen molar-refractivity contribution in [3.8, 4) is 0 Å². The molecule has 0 aliphatic carbocycles. The predicted molar refractivity (Wildman–Crippen MR) is 84.8 cm³/mol. The highest BCUT2D eigenvalue weighted by atomic mass is 79.9. The largest absolute Gasteiger partial charge is 0.344 e. The van der Waals surface area contributed by atoms with Crippen LogP contribution in [-0.4, -0.2) is 9.97 Å². The number of aromatic nitrogens is 2. The Balaban J connectivity index is 1.83. The van der Waals surface area contributed by atoms with E-state index in [4.69, 9.17) is 11.6 Å². The average molecular weight is 363 g/mol. The Morgan fingerprint density at radius 2 is 2.26 bits per heavy atom. The van der Waals surface area contributed by atoms with Gasteiger partial charge >= 0.3 is 0 Å². The molecule has 0 radical (unpaired) electrons. The highest BCUT2D eigenvalue weighted by Gasteiger charge is 2.07. The summed E-state index contributed by atoms with van der Waals surface area (Å²) in [5, 5.41) is 3.96. The van der Waals surface area contributed by atoms with Crippen LogP contribution in [0.1, 0.15) is 36.2 Å². The number of aryl methyl sites for hydroxylation is 1. The van der Waals surface area contributed by atoms with Crippen LogP contribution in [0.15, 0.2) is 15.9 Å². The van der Waals surface area contributed by atoms with Crippen LogP contribution < -0.4 is 5.32 Å². The first-order valence-electron chi connectivity index (χ1n) is 6.37. The van der Waals surface area contributed by atoms with Crippen molar-refractivity contribution in [1.82, 2.24) is 15.3 Å². The molecule has 6 heteroatoms. The first-order valence-corrected chi connectivity index (χ1v) is 8.36. The van der Waals surface area contributed by atoms with Crippen LogP contribution in [0.3, 0.4) is 0 Å². The summed E-state index contributed by atoms with van der Waals surface area (Å²) >= 11 is 11.3. The lowest BCUT2D eigenvalue weighted by Crippen LogP contribution is -2.12. The van der Waals surface area contributed by atoms with E-state index in [1.54, 1.807) is 11.3 Å². The number of nitrogens with one attached hydrogen (secondary N) is 2. The number of nitrogens with zero attached hydrogens (tertiary/aromatic N) is 1. The lowest BCUT2D eigenvalue weighted by molar-refractivity contribution is 0.685. The first-order chi connectivity index (χ1) is 9.19. The summed E-state index contributed by atoms with van der Waals surface area (Å²) in [6.07, 6.45) is 3.27. The summed E-state index contributed by atoms with van der Waals surface area (Å²) in [6.45, 7) is 3.73. The molecule has 104 valence electrons.